The highest BCUT2D eigenvalue weighted by molar-refractivity contribution is 5.96. The molecule has 1 aromatic carbocycles. The Morgan fingerprint density at radius 2 is 1.83 bits per heavy atom. The summed E-state index contributed by atoms with van der Waals surface area (Å²) in [6.45, 7) is 2.25. The third kappa shape index (κ3) is 3.60. The zero-order chi connectivity index (χ0) is 22.3. The van der Waals surface area contributed by atoms with Gasteiger partial charge in [0.1, 0.15) is 5.54 Å². The summed E-state index contributed by atoms with van der Waals surface area (Å²) in [6.07, 6.45) is -1.88. The highest BCUT2D eigenvalue weighted by Gasteiger charge is 2.64. The Morgan fingerprint density at radius 1 is 1.20 bits per heavy atom. The van der Waals surface area contributed by atoms with Crippen molar-refractivity contribution in [3.63, 3.8) is 0 Å². The van der Waals surface area contributed by atoms with Crippen LogP contribution in [0.1, 0.15) is 25.3 Å². The molecule has 2 aromatic rings. The lowest BCUT2D eigenvalue weighted by atomic mass is 9.76. The van der Waals surface area contributed by atoms with Crippen LogP contribution in [0.2, 0.25) is 0 Å². The largest absolute Gasteiger partial charge is 0.493 e. The first-order valence-corrected chi connectivity index (χ1v) is 9.08. The van der Waals surface area contributed by atoms with E-state index in [-0.39, 0.29) is 5.56 Å². The summed E-state index contributed by atoms with van der Waals surface area (Å²) in [6, 6.07) is 3.52. The van der Waals surface area contributed by atoms with Gasteiger partial charge in [-0.3, -0.25) is 15.1 Å². The minimum atomic E-state index is -4.71. The SMILES string of the molecule is COc1c([C@@H]2[C@@H](C(=O)Nc3ccncc3)N[C@](C)(C(F)(F)F)[C@@H]2C)ccc(F)c1F. The second-order valence-electron chi connectivity index (χ2n) is 7.35. The Bertz CT molecular complexity index is 938. The Kier molecular flexibility index (Phi) is 5.72. The van der Waals surface area contributed by atoms with Crippen molar-refractivity contribution in [2.45, 2.75) is 37.5 Å². The molecule has 1 fully saturated rings. The lowest BCUT2D eigenvalue weighted by molar-refractivity contribution is -0.198. The van der Waals surface area contributed by atoms with Crippen LogP contribution in [-0.2, 0) is 4.79 Å². The van der Waals surface area contributed by atoms with Crippen LogP contribution in [-0.4, -0.2) is 35.8 Å². The summed E-state index contributed by atoms with van der Waals surface area (Å²) in [5, 5.41) is 4.93. The van der Waals surface area contributed by atoms with Gasteiger partial charge in [-0.05, 0) is 31.0 Å². The van der Waals surface area contributed by atoms with E-state index >= 15 is 0 Å². The number of nitrogens with one attached hydrogen (secondary N) is 2. The Hall–Kier alpha value is -2.75. The molecule has 5 nitrogen and oxygen atoms in total. The van der Waals surface area contributed by atoms with Crippen LogP contribution in [0.4, 0.5) is 27.6 Å². The molecular weight excluding hydrogens is 409 g/mol. The number of pyridine rings is 1. The van der Waals surface area contributed by atoms with Gasteiger partial charge < -0.3 is 10.1 Å². The molecule has 0 saturated carbocycles. The quantitative estimate of drug-likeness (QED) is 0.721. The predicted octanol–water partition coefficient (Wildman–Crippen LogP) is 4.02. The maximum Gasteiger partial charge on any atom is 0.406 e. The van der Waals surface area contributed by atoms with Gasteiger partial charge in [0, 0.05) is 29.6 Å². The van der Waals surface area contributed by atoms with Gasteiger partial charge in [0.2, 0.25) is 11.7 Å². The van der Waals surface area contributed by atoms with E-state index < -0.39 is 52.9 Å². The van der Waals surface area contributed by atoms with Gasteiger partial charge in [-0.25, -0.2) is 4.39 Å². The third-order valence-corrected chi connectivity index (χ3v) is 5.73. The molecule has 0 radical (unpaired) electrons. The number of carbonyl (C=O) groups is 1. The number of hydrogen-bond donors (Lipinski definition) is 2. The van der Waals surface area contributed by atoms with E-state index in [1.165, 1.54) is 31.5 Å². The number of alkyl halides is 3. The van der Waals surface area contributed by atoms with Crippen molar-refractivity contribution in [3.8, 4) is 5.75 Å². The van der Waals surface area contributed by atoms with E-state index in [1.807, 2.05) is 0 Å². The number of halogens is 5. The minimum Gasteiger partial charge on any atom is -0.493 e. The average Bonchev–Trinajstić information content (AvgIpc) is 2.97. The van der Waals surface area contributed by atoms with E-state index in [0.717, 1.165) is 26.2 Å². The van der Waals surface area contributed by atoms with Crippen molar-refractivity contribution in [3.05, 3.63) is 53.9 Å². The van der Waals surface area contributed by atoms with Crippen molar-refractivity contribution < 1.29 is 31.5 Å². The molecule has 10 heteroatoms. The molecule has 0 spiro atoms. The number of benzene rings is 1. The van der Waals surface area contributed by atoms with Crippen molar-refractivity contribution in [1.82, 2.24) is 10.3 Å². The number of ether oxygens (including phenoxy) is 1. The van der Waals surface area contributed by atoms with E-state index in [2.05, 4.69) is 15.6 Å². The molecular formula is C20H20F5N3O2. The van der Waals surface area contributed by atoms with Crippen molar-refractivity contribution >= 4 is 11.6 Å². The first-order chi connectivity index (χ1) is 14.0. The zero-order valence-electron chi connectivity index (χ0n) is 16.3. The number of rotatable bonds is 4. The van der Waals surface area contributed by atoms with Crippen LogP contribution in [0, 0.1) is 17.6 Å². The zero-order valence-corrected chi connectivity index (χ0v) is 16.3. The monoisotopic (exact) mass is 429 g/mol. The van der Waals surface area contributed by atoms with Gasteiger partial charge in [-0.15, -0.1) is 0 Å². The topological polar surface area (TPSA) is 63.2 Å². The molecule has 4 atom stereocenters. The molecule has 1 saturated heterocycles. The Labute approximate surface area is 169 Å². The number of methoxy groups -OCH3 is 1. The van der Waals surface area contributed by atoms with Crippen LogP contribution in [0.3, 0.4) is 0 Å². The molecule has 3 rings (SSSR count). The highest BCUT2D eigenvalue weighted by Crippen LogP contribution is 2.51. The van der Waals surface area contributed by atoms with Gasteiger partial charge >= 0.3 is 6.18 Å². The van der Waals surface area contributed by atoms with Gasteiger partial charge in [0.05, 0.1) is 13.2 Å². The van der Waals surface area contributed by atoms with Crippen LogP contribution < -0.4 is 15.4 Å². The number of nitrogens with zero attached hydrogens (tertiary/aromatic N) is 1. The van der Waals surface area contributed by atoms with Gasteiger partial charge in [0.15, 0.2) is 11.6 Å². The second-order valence-corrected chi connectivity index (χ2v) is 7.35. The average molecular weight is 429 g/mol. The molecule has 30 heavy (non-hydrogen) atoms. The van der Waals surface area contributed by atoms with Gasteiger partial charge in [-0.1, -0.05) is 13.0 Å². The van der Waals surface area contributed by atoms with Crippen LogP contribution >= 0.6 is 0 Å². The molecule has 2 N–H and O–H groups in total. The lowest BCUT2D eigenvalue weighted by Gasteiger charge is -2.33. The number of carbonyl (C=O) groups excluding carboxylic acids is 1. The summed E-state index contributed by atoms with van der Waals surface area (Å²) in [4.78, 5) is 16.8. The van der Waals surface area contributed by atoms with E-state index in [4.69, 9.17) is 4.74 Å². The lowest BCUT2D eigenvalue weighted by Crippen LogP contribution is -2.56. The molecule has 1 amide bonds. The summed E-state index contributed by atoms with van der Waals surface area (Å²) in [5.41, 5.74) is -2.14. The third-order valence-electron chi connectivity index (χ3n) is 5.73. The first kappa shape index (κ1) is 21.9. The fourth-order valence-corrected chi connectivity index (χ4v) is 3.88. The summed E-state index contributed by atoms with van der Waals surface area (Å²) in [5.74, 6) is -6.16. The molecule has 162 valence electrons. The molecule has 1 aromatic heterocycles. The van der Waals surface area contributed by atoms with Crippen molar-refractivity contribution in [2.75, 3.05) is 12.4 Å². The number of hydrogen-bond acceptors (Lipinski definition) is 4. The normalized spacial score (nSPS) is 26.5. The van der Waals surface area contributed by atoms with Crippen molar-refractivity contribution in [2.24, 2.45) is 5.92 Å². The Balaban J connectivity index is 2.09. The number of anilines is 1. The molecule has 2 heterocycles. The summed E-state index contributed by atoms with van der Waals surface area (Å²) >= 11 is 0. The maximum absolute atomic E-state index is 14.3. The van der Waals surface area contributed by atoms with E-state index in [9.17, 15) is 26.7 Å². The molecule has 0 unspecified atom stereocenters. The minimum absolute atomic E-state index is 0.0285. The predicted molar refractivity (Wildman–Crippen MR) is 99.1 cm³/mol. The fraction of sp³-hybridized carbons (Fsp3) is 0.400. The maximum atomic E-state index is 14.3. The van der Waals surface area contributed by atoms with Gasteiger partial charge in [-0.2, -0.15) is 17.6 Å². The van der Waals surface area contributed by atoms with Gasteiger partial charge in [0.25, 0.3) is 0 Å². The number of aromatic nitrogens is 1. The smallest absolute Gasteiger partial charge is 0.406 e. The van der Waals surface area contributed by atoms with E-state index in [0.29, 0.717) is 5.69 Å². The molecule has 1 aliphatic heterocycles. The standard InChI is InChI=1S/C20H20F5N3O2/c1-10-14(12-4-5-13(21)15(22)17(12)30-3)16(28-19(10,2)20(23,24)25)18(29)27-11-6-8-26-9-7-11/h4-10,14,16,28H,1-3H3,(H,26,27,29)/t10-,14-,16+,19+/m1/s1. The molecule has 1 aliphatic rings. The highest BCUT2D eigenvalue weighted by atomic mass is 19.4. The fourth-order valence-electron chi connectivity index (χ4n) is 3.88. The first-order valence-electron chi connectivity index (χ1n) is 9.08. The van der Waals surface area contributed by atoms with Crippen molar-refractivity contribution in [1.29, 1.82) is 0 Å². The summed E-state index contributed by atoms with van der Waals surface area (Å²) < 4.78 is 74.6. The molecule has 0 bridgehead atoms. The van der Waals surface area contributed by atoms with Crippen LogP contribution in [0.25, 0.3) is 0 Å². The van der Waals surface area contributed by atoms with Crippen LogP contribution in [0.15, 0.2) is 36.7 Å². The Morgan fingerprint density at radius 3 is 2.40 bits per heavy atom. The summed E-state index contributed by atoms with van der Waals surface area (Å²) in [7, 11) is 1.09. The number of amides is 1. The molecule has 0 aliphatic carbocycles. The van der Waals surface area contributed by atoms with E-state index in [1.54, 1.807) is 0 Å². The second kappa shape index (κ2) is 7.82. The van der Waals surface area contributed by atoms with Crippen LogP contribution in [0.5, 0.6) is 5.75 Å².